The highest BCUT2D eigenvalue weighted by molar-refractivity contribution is 5.95. The highest BCUT2D eigenvalue weighted by Gasteiger charge is 2.38. The summed E-state index contributed by atoms with van der Waals surface area (Å²) >= 11 is 0. The van der Waals surface area contributed by atoms with Crippen LogP contribution >= 0.6 is 0 Å². The van der Waals surface area contributed by atoms with Gasteiger partial charge in [0, 0.05) is 5.56 Å². The second-order valence-corrected chi connectivity index (χ2v) is 10.1. The van der Waals surface area contributed by atoms with Gasteiger partial charge in [0.15, 0.2) is 11.6 Å². The first kappa shape index (κ1) is 23.8. The van der Waals surface area contributed by atoms with E-state index in [9.17, 15) is 0 Å². The molecule has 0 N–H and O–H groups in total. The smallest absolute Gasteiger partial charge is 0.183 e. The molecule has 4 heterocycles. The Kier molecular flexibility index (Phi) is 5.48. The van der Waals surface area contributed by atoms with Gasteiger partial charge in [0.25, 0.3) is 0 Å². The standard InChI is InChI=1S/C32H26N8/c1-19-9-7-10-20(2)29(19)39-27(16-15-26-28-23(17-33-37-26)18-34-38-28)40(30-21(3)11-8-12-22(30)4)32-31(39)35-24-13-5-6-14-25(24)36-32/h5-18H,1-4H3/b26-15+. The lowest BCUT2D eigenvalue weighted by atomic mass is 10.1. The van der Waals surface area contributed by atoms with Gasteiger partial charge in [0.1, 0.15) is 16.5 Å². The van der Waals surface area contributed by atoms with Crippen LogP contribution in [0.3, 0.4) is 0 Å². The fraction of sp³-hybridized carbons (Fsp3) is 0.125. The van der Waals surface area contributed by atoms with Crippen LogP contribution in [0.4, 0.5) is 23.0 Å². The van der Waals surface area contributed by atoms with Gasteiger partial charge in [-0.15, -0.1) is 10.2 Å². The van der Waals surface area contributed by atoms with Gasteiger partial charge in [-0.25, -0.2) is 9.97 Å². The molecule has 2 aliphatic rings. The summed E-state index contributed by atoms with van der Waals surface area (Å²) in [5, 5.41) is 18.3. The number of aromatic nitrogens is 4. The molecule has 3 aromatic carbocycles. The third-order valence-electron chi connectivity index (χ3n) is 7.37. The van der Waals surface area contributed by atoms with Crippen molar-refractivity contribution in [2.75, 3.05) is 9.80 Å². The van der Waals surface area contributed by atoms with Crippen molar-refractivity contribution in [3.63, 3.8) is 0 Å². The van der Waals surface area contributed by atoms with E-state index < -0.39 is 0 Å². The van der Waals surface area contributed by atoms with Gasteiger partial charge < -0.3 is 0 Å². The van der Waals surface area contributed by atoms with E-state index in [-0.39, 0.29) is 0 Å². The first-order chi connectivity index (χ1) is 19.5. The average Bonchev–Trinajstić information content (AvgIpc) is 3.54. The summed E-state index contributed by atoms with van der Waals surface area (Å²) < 4.78 is 0. The normalized spacial score (nSPS) is 14.1. The van der Waals surface area contributed by atoms with Gasteiger partial charge >= 0.3 is 0 Å². The molecular weight excluding hydrogens is 496 g/mol. The quantitative estimate of drug-likeness (QED) is 0.323. The molecule has 0 unspecified atom stereocenters. The lowest BCUT2D eigenvalue weighted by molar-refractivity contribution is 0.958. The molecule has 2 aliphatic heterocycles. The molecule has 0 saturated carbocycles. The summed E-state index contributed by atoms with van der Waals surface area (Å²) in [5.41, 5.74) is 9.22. The van der Waals surface area contributed by atoms with Gasteiger partial charge in [-0.3, -0.25) is 9.80 Å². The molecule has 0 saturated heterocycles. The monoisotopic (exact) mass is 522 g/mol. The molecule has 0 aliphatic carbocycles. The Balaban J connectivity index is 1.59. The number of anilines is 4. The zero-order chi connectivity index (χ0) is 27.4. The van der Waals surface area contributed by atoms with Crippen LogP contribution in [-0.2, 0) is 0 Å². The molecule has 0 radical (unpaired) electrons. The van der Waals surface area contributed by atoms with Crippen molar-refractivity contribution in [3.05, 3.63) is 117 Å². The third-order valence-corrected chi connectivity index (χ3v) is 7.37. The maximum Gasteiger partial charge on any atom is 0.183 e. The van der Waals surface area contributed by atoms with Gasteiger partial charge in [0.2, 0.25) is 0 Å². The molecular formula is C32H26N8. The molecule has 0 amide bonds. The maximum absolute atomic E-state index is 5.19. The average molecular weight is 523 g/mol. The summed E-state index contributed by atoms with van der Waals surface area (Å²) in [5.74, 6) is 2.44. The molecule has 8 nitrogen and oxygen atoms in total. The Morgan fingerprint density at radius 3 is 1.75 bits per heavy atom. The van der Waals surface area contributed by atoms with E-state index in [0.717, 1.165) is 67.7 Å². The van der Waals surface area contributed by atoms with Crippen molar-refractivity contribution >= 4 is 46.3 Å². The fourth-order valence-corrected chi connectivity index (χ4v) is 5.53. The molecule has 0 spiro atoms. The van der Waals surface area contributed by atoms with Crippen LogP contribution in [0.5, 0.6) is 0 Å². The highest BCUT2D eigenvalue weighted by atomic mass is 15.5. The molecule has 0 atom stereocenters. The zero-order valence-corrected chi connectivity index (χ0v) is 22.7. The predicted octanol–water partition coefficient (Wildman–Crippen LogP) is 5.23. The Morgan fingerprint density at radius 2 is 1.20 bits per heavy atom. The van der Waals surface area contributed by atoms with E-state index in [1.54, 1.807) is 12.4 Å². The minimum atomic E-state index is 0.646. The number of para-hydroxylation sites is 4. The number of allylic oxidation sites excluding steroid dienone is 1. The minimum Gasteiger partial charge on any atom is -0.276 e. The topological polar surface area (TPSA) is 82.8 Å². The second-order valence-electron chi connectivity index (χ2n) is 10.1. The molecule has 194 valence electrons. The van der Waals surface area contributed by atoms with Crippen LogP contribution in [0.25, 0.3) is 17.1 Å². The van der Waals surface area contributed by atoms with Crippen LogP contribution in [-0.4, -0.2) is 26.4 Å². The van der Waals surface area contributed by atoms with Gasteiger partial charge in [-0.2, -0.15) is 10.2 Å². The Hall–Kier alpha value is -5.24. The molecule has 0 fully saturated rings. The number of aryl methyl sites for hydroxylation is 4. The summed E-state index contributed by atoms with van der Waals surface area (Å²) in [7, 11) is 0. The Labute approximate surface area is 231 Å². The summed E-state index contributed by atoms with van der Waals surface area (Å²) in [4.78, 5) is 14.8. The number of fused-ring (bicyclic) bond motifs is 3. The van der Waals surface area contributed by atoms with Crippen molar-refractivity contribution in [2.24, 2.45) is 10.2 Å². The molecule has 5 aromatic rings. The van der Waals surface area contributed by atoms with Crippen LogP contribution in [0.2, 0.25) is 0 Å². The van der Waals surface area contributed by atoms with Crippen LogP contribution in [0.1, 0.15) is 27.8 Å². The number of rotatable bonds is 3. The van der Waals surface area contributed by atoms with E-state index >= 15 is 0 Å². The van der Waals surface area contributed by atoms with Gasteiger partial charge in [-0.1, -0.05) is 48.5 Å². The van der Waals surface area contributed by atoms with Crippen molar-refractivity contribution in [2.45, 2.75) is 27.7 Å². The first-order valence-corrected chi connectivity index (χ1v) is 13.2. The van der Waals surface area contributed by atoms with Gasteiger partial charge in [0.05, 0.1) is 34.8 Å². The maximum atomic E-state index is 5.19. The lowest BCUT2D eigenvalue weighted by Crippen LogP contribution is -2.31. The van der Waals surface area contributed by atoms with Crippen molar-refractivity contribution < 1.29 is 0 Å². The lowest BCUT2D eigenvalue weighted by Gasteiger charge is -2.28. The van der Waals surface area contributed by atoms with E-state index in [4.69, 9.17) is 9.97 Å². The third kappa shape index (κ3) is 3.68. The molecule has 40 heavy (non-hydrogen) atoms. The molecule has 0 bridgehead atoms. The fourth-order valence-electron chi connectivity index (χ4n) is 5.53. The van der Waals surface area contributed by atoms with E-state index in [2.05, 4.69) is 100 Å². The number of hydrogen-bond donors (Lipinski definition) is 0. The van der Waals surface area contributed by atoms with Crippen molar-refractivity contribution in [1.29, 1.82) is 0 Å². The van der Waals surface area contributed by atoms with E-state index in [1.165, 1.54) is 0 Å². The van der Waals surface area contributed by atoms with Crippen molar-refractivity contribution in [1.82, 2.24) is 20.2 Å². The molecule has 2 aromatic heterocycles. The van der Waals surface area contributed by atoms with Crippen LogP contribution in [0, 0.1) is 27.7 Å². The summed E-state index contributed by atoms with van der Waals surface area (Å²) in [6.07, 6.45) is 7.39. The van der Waals surface area contributed by atoms with E-state index in [0.29, 0.717) is 10.7 Å². The first-order valence-electron chi connectivity index (χ1n) is 13.2. The summed E-state index contributed by atoms with van der Waals surface area (Å²) in [6.45, 7) is 8.52. The van der Waals surface area contributed by atoms with Crippen LogP contribution < -0.4 is 20.5 Å². The second kappa shape index (κ2) is 9.20. The predicted molar refractivity (Wildman–Crippen MR) is 159 cm³/mol. The molecule has 8 heteroatoms. The largest absolute Gasteiger partial charge is 0.276 e. The Morgan fingerprint density at radius 1 is 0.650 bits per heavy atom. The van der Waals surface area contributed by atoms with Gasteiger partial charge in [-0.05, 0) is 74.2 Å². The van der Waals surface area contributed by atoms with Crippen LogP contribution in [0.15, 0.2) is 89.0 Å². The Bertz CT molecular complexity index is 1890. The minimum absolute atomic E-state index is 0.646. The summed E-state index contributed by atoms with van der Waals surface area (Å²) in [6, 6.07) is 20.7. The van der Waals surface area contributed by atoms with E-state index in [1.807, 2.05) is 30.3 Å². The zero-order valence-electron chi connectivity index (χ0n) is 22.7. The molecule has 7 rings (SSSR count). The highest BCUT2D eigenvalue weighted by Crippen LogP contribution is 2.50. The van der Waals surface area contributed by atoms with Crippen molar-refractivity contribution in [3.8, 4) is 0 Å². The SMILES string of the molecule is Cc1cccc(C)c1N1C(=C/C=c2/nncc3c2=NN=C3)N(c2c(C)cccc2C)c2nc3ccccc3nc21. The number of hydrogen-bond acceptors (Lipinski definition) is 8. The number of nitrogens with zero attached hydrogens (tertiary/aromatic N) is 8. The number of benzene rings is 3.